The summed E-state index contributed by atoms with van der Waals surface area (Å²) in [6, 6.07) is 7.68. The number of rotatable bonds is 3. The van der Waals surface area contributed by atoms with Gasteiger partial charge in [-0.1, -0.05) is 0 Å². The van der Waals surface area contributed by atoms with Crippen LogP contribution < -0.4 is 20.1 Å². The second-order valence-corrected chi connectivity index (χ2v) is 6.58. The number of nitrogens with zero attached hydrogens (tertiary/aromatic N) is 2. The number of ether oxygens (including phenoxy) is 2. The van der Waals surface area contributed by atoms with Crippen LogP contribution in [-0.4, -0.2) is 28.7 Å². The molecule has 6 heteroatoms. The number of fused-ring (bicyclic) bond motifs is 1. The number of hydrogen-bond acceptors (Lipinski definition) is 6. The molecule has 3 rings (SSSR count). The number of aromatic nitrogens is 2. The fourth-order valence-corrected chi connectivity index (χ4v) is 2.29. The van der Waals surface area contributed by atoms with Gasteiger partial charge in [-0.25, -0.2) is 4.98 Å². The van der Waals surface area contributed by atoms with E-state index in [1.807, 2.05) is 31.2 Å². The standard InChI is InChI=1S/C17H22N4O2/c1-11-9-15(20-16(18-11)21-17(2,3)4)19-12-5-6-13-14(10-12)23-8-7-22-13/h5-6,9-10H,7-8H2,1-4H3,(H2,18,19,20,21). The fraction of sp³-hybridized carbons (Fsp3) is 0.412. The Balaban J connectivity index is 1.82. The second-order valence-electron chi connectivity index (χ2n) is 6.58. The molecule has 0 aliphatic carbocycles. The molecule has 2 aromatic rings. The van der Waals surface area contributed by atoms with Crippen molar-refractivity contribution in [2.45, 2.75) is 33.2 Å². The highest BCUT2D eigenvalue weighted by Gasteiger charge is 2.14. The van der Waals surface area contributed by atoms with Crippen LogP contribution >= 0.6 is 0 Å². The summed E-state index contributed by atoms with van der Waals surface area (Å²) in [6.45, 7) is 9.34. The third kappa shape index (κ3) is 4.03. The van der Waals surface area contributed by atoms with E-state index in [4.69, 9.17) is 9.47 Å². The Bertz CT molecular complexity index is 710. The van der Waals surface area contributed by atoms with Crippen LogP contribution in [0.3, 0.4) is 0 Å². The first-order valence-electron chi connectivity index (χ1n) is 7.70. The predicted molar refractivity (Wildman–Crippen MR) is 90.9 cm³/mol. The number of anilines is 3. The van der Waals surface area contributed by atoms with Gasteiger partial charge in [0.05, 0.1) is 0 Å². The maximum Gasteiger partial charge on any atom is 0.225 e. The molecule has 0 atom stereocenters. The number of aryl methyl sites for hydroxylation is 1. The van der Waals surface area contributed by atoms with Gasteiger partial charge in [-0.05, 0) is 39.8 Å². The van der Waals surface area contributed by atoms with Gasteiger partial charge in [-0.15, -0.1) is 0 Å². The van der Waals surface area contributed by atoms with E-state index >= 15 is 0 Å². The summed E-state index contributed by atoms with van der Waals surface area (Å²) in [5.41, 5.74) is 1.70. The lowest BCUT2D eigenvalue weighted by Gasteiger charge is -2.21. The third-order valence-corrected chi connectivity index (χ3v) is 3.16. The van der Waals surface area contributed by atoms with Gasteiger partial charge in [-0.2, -0.15) is 4.98 Å². The molecule has 0 unspecified atom stereocenters. The molecule has 0 amide bonds. The minimum atomic E-state index is -0.0952. The van der Waals surface area contributed by atoms with Crippen LogP contribution in [0.5, 0.6) is 11.5 Å². The van der Waals surface area contributed by atoms with Gasteiger partial charge < -0.3 is 20.1 Å². The van der Waals surface area contributed by atoms with Crippen LogP contribution in [0.4, 0.5) is 17.5 Å². The zero-order chi connectivity index (χ0) is 16.4. The van der Waals surface area contributed by atoms with E-state index in [0.717, 1.165) is 28.7 Å². The maximum atomic E-state index is 5.61. The van der Waals surface area contributed by atoms with Crippen molar-refractivity contribution in [1.82, 2.24) is 9.97 Å². The van der Waals surface area contributed by atoms with Gasteiger partial charge in [0.2, 0.25) is 5.95 Å². The van der Waals surface area contributed by atoms with Gasteiger partial charge in [0, 0.05) is 29.1 Å². The highest BCUT2D eigenvalue weighted by Crippen LogP contribution is 2.33. The molecule has 0 radical (unpaired) electrons. The van der Waals surface area contributed by atoms with E-state index in [-0.39, 0.29) is 5.54 Å². The molecule has 122 valence electrons. The first-order valence-corrected chi connectivity index (χ1v) is 7.70. The minimum Gasteiger partial charge on any atom is -0.486 e. The molecule has 1 aromatic carbocycles. The summed E-state index contributed by atoms with van der Waals surface area (Å²) < 4.78 is 11.1. The van der Waals surface area contributed by atoms with Crippen LogP contribution in [0.1, 0.15) is 26.5 Å². The van der Waals surface area contributed by atoms with Gasteiger partial charge in [0.15, 0.2) is 11.5 Å². The van der Waals surface area contributed by atoms with Crippen molar-refractivity contribution >= 4 is 17.5 Å². The van der Waals surface area contributed by atoms with Crippen LogP contribution in [0.2, 0.25) is 0 Å². The van der Waals surface area contributed by atoms with Crippen LogP contribution in [0.15, 0.2) is 24.3 Å². The molecule has 2 N–H and O–H groups in total. The summed E-state index contributed by atoms with van der Waals surface area (Å²) in [5, 5.41) is 6.59. The van der Waals surface area contributed by atoms with Crippen molar-refractivity contribution in [3.05, 3.63) is 30.0 Å². The van der Waals surface area contributed by atoms with E-state index < -0.39 is 0 Å². The third-order valence-electron chi connectivity index (χ3n) is 3.16. The van der Waals surface area contributed by atoms with E-state index in [1.54, 1.807) is 0 Å². The predicted octanol–water partition coefficient (Wildman–Crippen LogP) is 3.51. The Kier molecular flexibility index (Phi) is 3.98. The van der Waals surface area contributed by atoms with Gasteiger partial charge >= 0.3 is 0 Å². The quantitative estimate of drug-likeness (QED) is 0.903. The zero-order valence-corrected chi connectivity index (χ0v) is 13.9. The summed E-state index contributed by atoms with van der Waals surface area (Å²) in [5.74, 6) is 2.87. The Morgan fingerprint density at radius 2 is 1.74 bits per heavy atom. The molecule has 1 aliphatic heterocycles. The Labute approximate surface area is 136 Å². The maximum absolute atomic E-state index is 5.61. The summed E-state index contributed by atoms with van der Waals surface area (Å²) in [7, 11) is 0. The van der Waals surface area contributed by atoms with Crippen LogP contribution in [-0.2, 0) is 0 Å². The lowest BCUT2D eigenvalue weighted by atomic mass is 10.1. The second kappa shape index (κ2) is 5.95. The Morgan fingerprint density at radius 1 is 1.00 bits per heavy atom. The summed E-state index contributed by atoms with van der Waals surface area (Å²) >= 11 is 0. The monoisotopic (exact) mass is 314 g/mol. The average Bonchev–Trinajstić information content (AvgIpc) is 2.44. The highest BCUT2D eigenvalue weighted by molar-refractivity contribution is 5.62. The molecule has 1 aromatic heterocycles. The molecular formula is C17H22N4O2. The highest BCUT2D eigenvalue weighted by atomic mass is 16.6. The Morgan fingerprint density at radius 3 is 2.48 bits per heavy atom. The van der Waals surface area contributed by atoms with Gasteiger partial charge in [0.1, 0.15) is 19.0 Å². The van der Waals surface area contributed by atoms with Crippen molar-refractivity contribution in [1.29, 1.82) is 0 Å². The zero-order valence-electron chi connectivity index (χ0n) is 13.9. The van der Waals surface area contributed by atoms with Crippen molar-refractivity contribution in [3.8, 4) is 11.5 Å². The van der Waals surface area contributed by atoms with Crippen LogP contribution in [0.25, 0.3) is 0 Å². The molecule has 0 fully saturated rings. The van der Waals surface area contributed by atoms with E-state index in [1.165, 1.54) is 0 Å². The lowest BCUT2D eigenvalue weighted by Crippen LogP contribution is -2.27. The molecule has 2 heterocycles. The van der Waals surface area contributed by atoms with Crippen LogP contribution in [0, 0.1) is 6.92 Å². The largest absolute Gasteiger partial charge is 0.486 e. The summed E-state index contributed by atoms with van der Waals surface area (Å²) in [6.07, 6.45) is 0. The molecule has 0 spiro atoms. The van der Waals surface area contributed by atoms with Crippen molar-refractivity contribution in [3.63, 3.8) is 0 Å². The number of benzene rings is 1. The van der Waals surface area contributed by atoms with Crippen molar-refractivity contribution in [2.75, 3.05) is 23.8 Å². The van der Waals surface area contributed by atoms with E-state index in [9.17, 15) is 0 Å². The average molecular weight is 314 g/mol. The van der Waals surface area contributed by atoms with Gasteiger partial charge in [-0.3, -0.25) is 0 Å². The first kappa shape index (κ1) is 15.4. The molecule has 0 saturated carbocycles. The van der Waals surface area contributed by atoms with Crippen molar-refractivity contribution in [2.24, 2.45) is 0 Å². The van der Waals surface area contributed by atoms with Gasteiger partial charge in [0.25, 0.3) is 0 Å². The SMILES string of the molecule is Cc1cc(Nc2ccc3c(c2)OCCO3)nc(NC(C)(C)C)n1. The van der Waals surface area contributed by atoms with E-state index in [0.29, 0.717) is 19.2 Å². The molecule has 1 aliphatic rings. The molecule has 23 heavy (non-hydrogen) atoms. The molecule has 0 saturated heterocycles. The molecule has 0 bridgehead atoms. The lowest BCUT2D eigenvalue weighted by molar-refractivity contribution is 0.171. The smallest absolute Gasteiger partial charge is 0.225 e. The topological polar surface area (TPSA) is 68.3 Å². The normalized spacial score (nSPS) is 13.6. The van der Waals surface area contributed by atoms with E-state index in [2.05, 4.69) is 41.4 Å². The molecular weight excluding hydrogens is 292 g/mol. The summed E-state index contributed by atoms with van der Waals surface area (Å²) in [4.78, 5) is 8.95. The first-order chi connectivity index (χ1) is 10.9. The number of hydrogen-bond donors (Lipinski definition) is 2. The number of nitrogens with one attached hydrogen (secondary N) is 2. The minimum absolute atomic E-state index is 0.0952. The van der Waals surface area contributed by atoms with Crippen molar-refractivity contribution < 1.29 is 9.47 Å². The fourth-order valence-electron chi connectivity index (χ4n) is 2.29. The Hall–Kier alpha value is -2.50. The molecule has 6 nitrogen and oxygen atoms in total.